The lowest BCUT2D eigenvalue weighted by Gasteiger charge is -2.11. The molecule has 1 amide bonds. The van der Waals surface area contributed by atoms with Crippen LogP contribution in [0.5, 0.6) is 11.5 Å². The summed E-state index contributed by atoms with van der Waals surface area (Å²) in [7, 11) is 4.83. The molecule has 0 atom stereocenters. The van der Waals surface area contributed by atoms with Gasteiger partial charge in [0.15, 0.2) is 0 Å². The maximum absolute atomic E-state index is 11.4. The molecule has 1 aromatic carbocycles. The van der Waals surface area contributed by atoms with Crippen LogP contribution in [0, 0.1) is 0 Å². The predicted molar refractivity (Wildman–Crippen MR) is 62.1 cm³/mol. The summed E-state index contributed by atoms with van der Waals surface area (Å²) in [5, 5.41) is 5.50. The molecule has 0 unspecified atom stereocenters. The summed E-state index contributed by atoms with van der Waals surface area (Å²) in [5.41, 5.74) is 0.599. The van der Waals surface area contributed by atoms with Gasteiger partial charge in [0, 0.05) is 6.07 Å². The lowest BCUT2D eigenvalue weighted by atomic mass is 10.2. The van der Waals surface area contributed by atoms with E-state index in [-0.39, 0.29) is 12.5 Å². The molecule has 0 spiro atoms. The zero-order valence-corrected chi connectivity index (χ0v) is 9.66. The Morgan fingerprint density at radius 3 is 2.62 bits per heavy atom. The Morgan fingerprint density at radius 2 is 2.06 bits per heavy atom. The second-order valence-corrected chi connectivity index (χ2v) is 3.14. The number of benzene rings is 1. The number of amides is 1. The van der Waals surface area contributed by atoms with Crippen LogP contribution in [0.4, 0.5) is 5.69 Å². The first-order chi connectivity index (χ1) is 7.71. The highest BCUT2D eigenvalue weighted by Gasteiger charge is 2.07. The SMILES string of the molecule is CNCC(=O)Nc1cc(OC)ccc1OC. The molecule has 0 aliphatic rings. The Hall–Kier alpha value is -1.75. The maximum Gasteiger partial charge on any atom is 0.238 e. The van der Waals surface area contributed by atoms with Crippen LogP contribution in [0.3, 0.4) is 0 Å². The molecular formula is C11H16N2O3. The zero-order valence-electron chi connectivity index (χ0n) is 9.66. The first-order valence-corrected chi connectivity index (χ1v) is 4.87. The van der Waals surface area contributed by atoms with E-state index in [4.69, 9.17) is 9.47 Å². The van der Waals surface area contributed by atoms with Gasteiger partial charge < -0.3 is 20.1 Å². The highest BCUT2D eigenvalue weighted by atomic mass is 16.5. The van der Waals surface area contributed by atoms with Crippen LogP contribution in [0.1, 0.15) is 0 Å². The van der Waals surface area contributed by atoms with E-state index < -0.39 is 0 Å². The number of carbonyl (C=O) groups is 1. The van der Waals surface area contributed by atoms with Crippen LogP contribution in [-0.2, 0) is 4.79 Å². The molecule has 0 saturated heterocycles. The number of methoxy groups -OCH3 is 2. The molecule has 0 fully saturated rings. The van der Waals surface area contributed by atoms with Crippen molar-refractivity contribution in [1.29, 1.82) is 0 Å². The van der Waals surface area contributed by atoms with Gasteiger partial charge in [0.1, 0.15) is 11.5 Å². The fourth-order valence-corrected chi connectivity index (χ4v) is 1.27. The molecule has 0 aliphatic heterocycles. The number of anilines is 1. The van der Waals surface area contributed by atoms with Crippen LogP contribution >= 0.6 is 0 Å². The molecule has 0 aromatic heterocycles. The Morgan fingerprint density at radius 1 is 1.31 bits per heavy atom. The van der Waals surface area contributed by atoms with Crippen molar-refractivity contribution in [2.75, 3.05) is 33.1 Å². The van der Waals surface area contributed by atoms with Gasteiger partial charge in [0.05, 0.1) is 26.5 Å². The van der Waals surface area contributed by atoms with Crippen molar-refractivity contribution in [2.45, 2.75) is 0 Å². The summed E-state index contributed by atoms with van der Waals surface area (Å²) in [4.78, 5) is 11.4. The van der Waals surface area contributed by atoms with Crippen molar-refractivity contribution in [3.63, 3.8) is 0 Å². The molecule has 2 N–H and O–H groups in total. The van der Waals surface area contributed by atoms with E-state index in [1.54, 1.807) is 39.5 Å². The fraction of sp³-hybridized carbons (Fsp3) is 0.364. The molecule has 1 rings (SSSR count). The third-order valence-electron chi connectivity index (χ3n) is 2.02. The van der Waals surface area contributed by atoms with Crippen molar-refractivity contribution in [1.82, 2.24) is 5.32 Å². The summed E-state index contributed by atoms with van der Waals surface area (Å²) >= 11 is 0. The van der Waals surface area contributed by atoms with Gasteiger partial charge in [-0.2, -0.15) is 0 Å². The van der Waals surface area contributed by atoms with Crippen LogP contribution in [0.25, 0.3) is 0 Å². The molecule has 0 bridgehead atoms. The molecule has 0 aliphatic carbocycles. The molecule has 1 aromatic rings. The normalized spacial score (nSPS) is 9.69. The van der Waals surface area contributed by atoms with Gasteiger partial charge in [0.25, 0.3) is 0 Å². The number of likely N-dealkylation sites (N-methyl/N-ethyl adjacent to an activating group) is 1. The summed E-state index contributed by atoms with van der Waals surface area (Å²) in [6.07, 6.45) is 0. The van der Waals surface area contributed by atoms with Crippen LogP contribution in [-0.4, -0.2) is 33.7 Å². The highest BCUT2D eigenvalue weighted by Crippen LogP contribution is 2.28. The van der Waals surface area contributed by atoms with E-state index in [1.807, 2.05) is 0 Å². The van der Waals surface area contributed by atoms with Crippen LogP contribution in [0.15, 0.2) is 18.2 Å². The van der Waals surface area contributed by atoms with E-state index in [0.29, 0.717) is 17.2 Å². The topological polar surface area (TPSA) is 59.6 Å². The van der Waals surface area contributed by atoms with Crippen molar-refractivity contribution < 1.29 is 14.3 Å². The summed E-state index contributed by atoms with van der Waals surface area (Å²) in [6.45, 7) is 0.250. The molecule has 0 saturated carbocycles. The van der Waals surface area contributed by atoms with Gasteiger partial charge in [-0.25, -0.2) is 0 Å². The number of carbonyl (C=O) groups excluding carboxylic acids is 1. The molecule has 0 heterocycles. The smallest absolute Gasteiger partial charge is 0.238 e. The van der Waals surface area contributed by atoms with E-state index in [0.717, 1.165) is 0 Å². The van der Waals surface area contributed by atoms with Gasteiger partial charge in [0.2, 0.25) is 5.91 Å². The largest absolute Gasteiger partial charge is 0.497 e. The maximum atomic E-state index is 11.4. The van der Waals surface area contributed by atoms with Crippen molar-refractivity contribution in [3.05, 3.63) is 18.2 Å². The van der Waals surface area contributed by atoms with Gasteiger partial charge >= 0.3 is 0 Å². The average molecular weight is 224 g/mol. The lowest BCUT2D eigenvalue weighted by molar-refractivity contribution is -0.115. The minimum absolute atomic E-state index is 0.131. The first-order valence-electron chi connectivity index (χ1n) is 4.87. The Balaban J connectivity index is 2.86. The summed E-state index contributed by atoms with van der Waals surface area (Å²) in [5.74, 6) is 1.14. The van der Waals surface area contributed by atoms with E-state index >= 15 is 0 Å². The molecule has 5 nitrogen and oxygen atoms in total. The van der Waals surface area contributed by atoms with Gasteiger partial charge in [-0.15, -0.1) is 0 Å². The number of rotatable bonds is 5. The lowest BCUT2D eigenvalue weighted by Crippen LogP contribution is -2.25. The third kappa shape index (κ3) is 3.13. The molecule has 5 heteroatoms. The van der Waals surface area contributed by atoms with Crippen molar-refractivity contribution in [2.24, 2.45) is 0 Å². The minimum atomic E-state index is -0.131. The molecular weight excluding hydrogens is 208 g/mol. The number of nitrogens with one attached hydrogen (secondary N) is 2. The van der Waals surface area contributed by atoms with Gasteiger partial charge in [-0.05, 0) is 19.2 Å². The second-order valence-electron chi connectivity index (χ2n) is 3.14. The summed E-state index contributed by atoms with van der Waals surface area (Å²) < 4.78 is 10.2. The van der Waals surface area contributed by atoms with Crippen LogP contribution < -0.4 is 20.1 Å². The first kappa shape index (κ1) is 12.3. The van der Waals surface area contributed by atoms with E-state index in [2.05, 4.69) is 10.6 Å². The monoisotopic (exact) mass is 224 g/mol. The number of hydrogen-bond acceptors (Lipinski definition) is 4. The Labute approximate surface area is 94.7 Å². The average Bonchev–Trinajstić information content (AvgIpc) is 2.29. The quantitative estimate of drug-likeness (QED) is 0.779. The highest BCUT2D eigenvalue weighted by molar-refractivity contribution is 5.93. The standard InChI is InChI=1S/C11H16N2O3/c1-12-7-11(14)13-9-6-8(15-2)4-5-10(9)16-3/h4-6,12H,7H2,1-3H3,(H,13,14). The number of hydrogen-bond donors (Lipinski definition) is 2. The van der Waals surface area contributed by atoms with Crippen molar-refractivity contribution >= 4 is 11.6 Å². The Bertz CT molecular complexity index is 366. The van der Waals surface area contributed by atoms with Gasteiger partial charge in [-0.1, -0.05) is 0 Å². The molecule has 16 heavy (non-hydrogen) atoms. The predicted octanol–water partition coefficient (Wildman–Crippen LogP) is 0.862. The second kappa shape index (κ2) is 5.97. The molecule has 88 valence electrons. The Kier molecular flexibility index (Phi) is 4.60. The van der Waals surface area contributed by atoms with E-state index in [1.165, 1.54) is 0 Å². The molecule has 0 radical (unpaired) electrons. The minimum Gasteiger partial charge on any atom is -0.497 e. The van der Waals surface area contributed by atoms with Gasteiger partial charge in [-0.3, -0.25) is 4.79 Å². The third-order valence-corrected chi connectivity index (χ3v) is 2.02. The summed E-state index contributed by atoms with van der Waals surface area (Å²) in [6, 6.07) is 5.23. The number of ether oxygens (including phenoxy) is 2. The fourth-order valence-electron chi connectivity index (χ4n) is 1.27. The zero-order chi connectivity index (χ0) is 12.0. The van der Waals surface area contributed by atoms with Crippen LogP contribution in [0.2, 0.25) is 0 Å². The van der Waals surface area contributed by atoms with E-state index in [9.17, 15) is 4.79 Å². The van der Waals surface area contributed by atoms with Crippen molar-refractivity contribution in [3.8, 4) is 11.5 Å².